The second-order valence-corrected chi connectivity index (χ2v) is 5.45. The van der Waals surface area contributed by atoms with Crippen LogP contribution < -0.4 is 10.1 Å². The van der Waals surface area contributed by atoms with Gasteiger partial charge in [-0.05, 0) is 37.1 Å². The van der Waals surface area contributed by atoms with Gasteiger partial charge in [0.05, 0.1) is 19.1 Å². The summed E-state index contributed by atoms with van der Waals surface area (Å²) in [5.41, 5.74) is 0.681. The lowest BCUT2D eigenvalue weighted by Gasteiger charge is -2.24. The third-order valence-electron chi connectivity index (χ3n) is 3.10. The molecule has 5 heteroatoms. The number of carboxylic acid groups (broad SMARTS) is 1. The van der Waals surface area contributed by atoms with Crippen LogP contribution in [-0.4, -0.2) is 35.4 Å². The Morgan fingerprint density at radius 2 is 1.90 bits per heavy atom. The zero-order valence-corrected chi connectivity index (χ0v) is 12.9. The topological polar surface area (TPSA) is 78.8 Å². The number of ether oxygens (including phenoxy) is 1. The Kier molecular flexibility index (Phi) is 7.19. The highest BCUT2D eigenvalue weighted by molar-refractivity contribution is 5.67. The van der Waals surface area contributed by atoms with Crippen LogP contribution in [0, 0.1) is 5.92 Å². The van der Waals surface area contributed by atoms with E-state index >= 15 is 0 Å². The van der Waals surface area contributed by atoms with Crippen LogP contribution in [0.4, 0.5) is 0 Å². The van der Waals surface area contributed by atoms with Gasteiger partial charge in [-0.15, -0.1) is 0 Å². The summed E-state index contributed by atoms with van der Waals surface area (Å²) in [6.45, 7) is 7.22. The van der Waals surface area contributed by atoms with Crippen molar-refractivity contribution in [3.63, 3.8) is 0 Å². The summed E-state index contributed by atoms with van der Waals surface area (Å²) in [4.78, 5) is 11.0. The van der Waals surface area contributed by atoms with Crippen molar-refractivity contribution in [2.75, 3.05) is 13.2 Å². The molecule has 0 heterocycles. The first kappa shape index (κ1) is 17.5. The van der Waals surface area contributed by atoms with Crippen molar-refractivity contribution in [2.24, 2.45) is 5.92 Å². The molecule has 3 N–H and O–H groups in total. The maximum Gasteiger partial charge on any atom is 0.305 e. The van der Waals surface area contributed by atoms with Gasteiger partial charge in [-0.1, -0.05) is 26.0 Å². The third-order valence-corrected chi connectivity index (χ3v) is 3.10. The number of hydrogen-bond donors (Lipinski definition) is 3. The number of benzene rings is 1. The summed E-state index contributed by atoms with van der Waals surface area (Å²) in [5, 5.41) is 22.5. The summed E-state index contributed by atoms with van der Waals surface area (Å²) in [6, 6.07) is 6.58. The van der Waals surface area contributed by atoms with Crippen LogP contribution in [-0.2, 0) is 4.79 Å². The van der Waals surface area contributed by atoms with Gasteiger partial charge >= 0.3 is 5.97 Å². The molecule has 1 aromatic carbocycles. The van der Waals surface area contributed by atoms with Crippen LogP contribution in [0.5, 0.6) is 5.75 Å². The quantitative estimate of drug-likeness (QED) is 0.651. The van der Waals surface area contributed by atoms with E-state index in [1.807, 2.05) is 20.8 Å². The van der Waals surface area contributed by atoms with Crippen molar-refractivity contribution in [1.82, 2.24) is 5.32 Å². The molecule has 0 radical (unpaired) electrons. The van der Waals surface area contributed by atoms with Crippen molar-refractivity contribution >= 4 is 5.97 Å². The first-order chi connectivity index (χ1) is 9.93. The fraction of sp³-hybridized carbons (Fsp3) is 0.562. The average Bonchev–Trinajstić information content (AvgIpc) is 2.43. The van der Waals surface area contributed by atoms with Gasteiger partial charge < -0.3 is 20.3 Å². The molecule has 5 nitrogen and oxygen atoms in total. The molecule has 0 saturated heterocycles. The zero-order chi connectivity index (χ0) is 15.8. The molecule has 2 unspecified atom stereocenters. The van der Waals surface area contributed by atoms with E-state index < -0.39 is 18.1 Å². The summed E-state index contributed by atoms with van der Waals surface area (Å²) >= 11 is 0. The lowest BCUT2D eigenvalue weighted by atomic mass is 9.99. The number of aliphatic hydroxyl groups is 1. The van der Waals surface area contributed by atoms with Crippen LogP contribution in [0.2, 0.25) is 0 Å². The van der Waals surface area contributed by atoms with Gasteiger partial charge in [-0.2, -0.15) is 0 Å². The van der Waals surface area contributed by atoms with Crippen molar-refractivity contribution in [3.8, 4) is 5.75 Å². The largest absolute Gasteiger partial charge is 0.494 e. The lowest BCUT2D eigenvalue weighted by Crippen LogP contribution is -2.38. The average molecular weight is 295 g/mol. The molecule has 0 bridgehead atoms. The molecule has 2 atom stereocenters. The monoisotopic (exact) mass is 295 g/mol. The highest BCUT2D eigenvalue weighted by Gasteiger charge is 2.23. The van der Waals surface area contributed by atoms with E-state index in [4.69, 9.17) is 9.84 Å². The molecule has 0 spiro atoms. The van der Waals surface area contributed by atoms with E-state index in [-0.39, 0.29) is 6.42 Å². The minimum absolute atomic E-state index is 0.124. The van der Waals surface area contributed by atoms with Crippen LogP contribution in [0.1, 0.15) is 38.9 Å². The predicted molar refractivity (Wildman–Crippen MR) is 81.5 cm³/mol. The van der Waals surface area contributed by atoms with Gasteiger partial charge in [0.15, 0.2) is 0 Å². The molecule has 21 heavy (non-hydrogen) atoms. The number of carbonyl (C=O) groups is 1. The second-order valence-electron chi connectivity index (χ2n) is 5.45. The Labute approximate surface area is 125 Å². The number of nitrogens with one attached hydrogen (secondary N) is 1. The lowest BCUT2D eigenvalue weighted by molar-refractivity contribution is -0.138. The van der Waals surface area contributed by atoms with Crippen LogP contribution in [0.15, 0.2) is 24.3 Å². The van der Waals surface area contributed by atoms with E-state index in [1.54, 1.807) is 24.3 Å². The summed E-state index contributed by atoms with van der Waals surface area (Å²) in [6.07, 6.45) is -0.989. The van der Waals surface area contributed by atoms with Crippen LogP contribution >= 0.6 is 0 Å². The smallest absolute Gasteiger partial charge is 0.305 e. The predicted octanol–water partition coefficient (Wildman–Crippen LogP) is 2.21. The summed E-state index contributed by atoms with van der Waals surface area (Å²) in [5.74, 6) is 0.188. The Hall–Kier alpha value is -1.59. The van der Waals surface area contributed by atoms with Crippen LogP contribution in [0.3, 0.4) is 0 Å². The maximum absolute atomic E-state index is 11.0. The molecular formula is C16H25NO4. The number of carboxylic acids is 1. The number of aliphatic hydroxyl groups excluding tert-OH is 1. The Bertz CT molecular complexity index is 430. The molecule has 0 fully saturated rings. The Morgan fingerprint density at radius 3 is 2.38 bits per heavy atom. The second kappa shape index (κ2) is 8.64. The Balaban J connectivity index is 2.77. The van der Waals surface area contributed by atoms with Crippen molar-refractivity contribution in [2.45, 2.75) is 39.3 Å². The Morgan fingerprint density at radius 1 is 1.29 bits per heavy atom. The normalized spacial score (nSPS) is 14.0. The molecular weight excluding hydrogens is 270 g/mol. The maximum atomic E-state index is 11.0. The standard InChI is InChI=1S/C16H25NO4/c1-4-21-13-7-5-12(6-8-13)16(20)14(9-15(18)19)17-10-11(2)3/h5-8,11,14,16-17,20H,4,9-10H2,1-3H3,(H,18,19). The van der Waals surface area contributed by atoms with Gasteiger partial charge in [-0.25, -0.2) is 0 Å². The minimum Gasteiger partial charge on any atom is -0.494 e. The molecule has 0 aliphatic heterocycles. The van der Waals surface area contributed by atoms with Crippen molar-refractivity contribution in [1.29, 1.82) is 0 Å². The molecule has 0 amide bonds. The zero-order valence-electron chi connectivity index (χ0n) is 12.9. The molecule has 0 saturated carbocycles. The van der Waals surface area contributed by atoms with E-state index in [1.165, 1.54) is 0 Å². The van der Waals surface area contributed by atoms with Crippen molar-refractivity contribution < 1.29 is 19.7 Å². The fourth-order valence-corrected chi connectivity index (χ4v) is 2.03. The molecule has 0 aliphatic carbocycles. The summed E-state index contributed by atoms with van der Waals surface area (Å²) in [7, 11) is 0. The number of hydrogen-bond acceptors (Lipinski definition) is 4. The molecule has 0 aliphatic rings. The first-order valence-electron chi connectivity index (χ1n) is 7.30. The highest BCUT2D eigenvalue weighted by atomic mass is 16.5. The first-order valence-corrected chi connectivity index (χ1v) is 7.30. The highest BCUT2D eigenvalue weighted by Crippen LogP contribution is 2.22. The molecule has 118 valence electrons. The molecule has 1 rings (SSSR count). The van der Waals surface area contributed by atoms with E-state index in [9.17, 15) is 9.90 Å². The van der Waals surface area contributed by atoms with Crippen LogP contribution in [0.25, 0.3) is 0 Å². The van der Waals surface area contributed by atoms with Gasteiger partial charge in [0.2, 0.25) is 0 Å². The van der Waals surface area contributed by atoms with E-state index in [2.05, 4.69) is 5.32 Å². The van der Waals surface area contributed by atoms with E-state index in [0.717, 1.165) is 5.75 Å². The third kappa shape index (κ3) is 6.14. The molecule has 1 aromatic rings. The van der Waals surface area contributed by atoms with Gasteiger partial charge in [0.1, 0.15) is 5.75 Å². The number of rotatable bonds is 9. The van der Waals surface area contributed by atoms with Crippen molar-refractivity contribution in [3.05, 3.63) is 29.8 Å². The SMILES string of the molecule is CCOc1ccc(C(O)C(CC(=O)O)NCC(C)C)cc1. The fourth-order valence-electron chi connectivity index (χ4n) is 2.03. The van der Waals surface area contributed by atoms with Gasteiger partial charge in [-0.3, -0.25) is 4.79 Å². The van der Waals surface area contributed by atoms with Gasteiger partial charge in [0, 0.05) is 6.04 Å². The molecule has 0 aromatic heterocycles. The minimum atomic E-state index is -0.929. The summed E-state index contributed by atoms with van der Waals surface area (Å²) < 4.78 is 5.35. The van der Waals surface area contributed by atoms with Gasteiger partial charge in [0.25, 0.3) is 0 Å². The number of aliphatic carboxylic acids is 1. The van der Waals surface area contributed by atoms with E-state index in [0.29, 0.717) is 24.6 Å².